The lowest BCUT2D eigenvalue weighted by molar-refractivity contribution is -0.138. The lowest BCUT2D eigenvalue weighted by atomic mass is 10.4. The van der Waals surface area contributed by atoms with E-state index in [1.54, 1.807) is 0 Å². The first-order chi connectivity index (χ1) is 9.59. The van der Waals surface area contributed by atoms with Gasteiger partial charge in [-0.25, -0.2) is 0 Å². The molecule has 0 unspecified atom stereocenters. The van der Waals surface area contributed by atoms with E-state index in [1.807, 2.05) is 28.3 Å². The number of hydrogen-bond acceptors (Lipinski definition) is 4. The molecule has 0 aliphatic rings. The van der Waals surface area contributed by atoms with Crippen molar-refractivity contribution in [2.24, 2.45) is 0 Å². The molecule has 1 aromatic rings. The minimum absolute atomic E-state index is 0.855. The Balaban J connectivity index is 2.99. The second kappa shape index (κ2) is 8.54. The van der Waals surface area contributed by atoms with Crippen LogP contribution in [-0.2, 0) is 9.05 Å². The molecule has 0 atom stereocenters. The van der Waals surface area contributed by atoms with E-state index in [1.165, 1.54) is 0 Å². The minimum atomic E-state index is -2.48. The Morgan fingerprint density at radius 2 is 1.20 bits per heavy atom. The van der Waals surface area contributed by atoms with Crippen LogP contribution in [-0.4, -0.2) is 44.9 Å². The van der Waals surface area contributed by atoms with E-state index in [0.29, 0.717) is 0 Å². The number of nitrogens with zero attached hydrogens (tertiary/aromatic N) is 2. The van der Waals surface area contributed by atoms with Gasteiger partial charge in [0.25, 0.3) is 0 Å². The Bertz CT molecular complexity index is 353. The molecule has 0 fully saturated rings. The summed E-state index contributed by atoms with van der Waals surface area (Å²) >= 11 is 0. The Morgan fingerprint density at radius 1 is 0.800 bits per heavy atom. The van der Waals surface area contributed by atoms with Crippen LogP contribution in [0.15, 0.2) is 30.3 Å². The lowest BCUT2D eigenvalue weighted by Crippen LogP contribution is -2.58. The Kier molecular flexibility index (Phi) is 7.40. The summed E-state index contributed by atoms with van der Waals surface area (Å²) in [5.41, 5.74) is 0. The minimum Gasteiger partial charge on any atom is -0.304 e. The third-order valence-corrected chi connectivity index (χ3v) is 5.91. The first-order valence-corrected chi connectivity index (χ1v) is 9.84. The van der Waals surface area contributed by atoms with Gasteiger partial charge in [-0.15, -0.1) is 0 Å². The van der Waals surface area contributed by atoms with E-state index in [9.17, 15) is 0 Å². The number of hydroxylamine groups is 4. The molecule has 0 radical (unpaired) electrons. The maximum atomic E-state index is 6.26. The summed E-state index contributed by atoms with van der Waals surface area (Å²) in [4.78, 5) is 0. The molecule has 114 valence electrons. The van der Waals surface area contributed by atoms with E-state index in [4.69, 9.17) is 9.05 Å². The summed E-state index contributed by atoms with van der Waals surface area (Å²) in [5, 5.41) is 5.10. The molecule has 1 aromatic carbocycles. The third-order valence-electron chi connectivity index (χ3n) is 3.32. The van der Waals surface area contributed by atoms with Crippen LogP contribution in [0.4, 0.5) is 0 Å². The smallest absolute Gasteiger partial charge is 0.304 e. The predicted octanol–water partition coefficient (Wildman–Crippen LogP) is 2.51. The molecule has 0 bridgehead atoms. The number of hydrogen-bond donors (Lipinski definition) is 0. The van der Waals surface area contributed by atoms with Gasteiger partial charge < -0.3 is 9.05 Å². The second-order valence-corrected chi connectivity index (χ2v) is 7.56. The van der Waals surface area contributed by atoms with Crippen LogP contribution in [0.1, 0.15) is 27.7 Å². The van der Waals surface area contributed by atoms with Crippen LogP contribution in [0.2, 0.25) is 6.55 Å². The van der Waals surface area contributed by atoms with Gasteiger partial charge in [0.05, 0.1) is 0 Å². The average molecular weight is 296 g/mol. The highest BCUT2D eigenvalue weighted by molar-refractivity contribution is 6.79. The molecule has 0 aromatic heterocycles. The van der Waals surface area contributed by atoms with Crippen molar-refractivity contribution in [3.05, 3.63) is 30.3 Å². The lowest BCUT2D eigenvalue weighted by Gasteiger charge is -2.35. The molecule has 0 N–H and O–H groups in total. The SMILES string of the molecule is CCN(CC)O[Si](C)(ON(CC)CC)c1ccccc1. The zero-order chi connectivity index (χ0) is 15.0. The molecule has 0 spiro atoms. The summed E-state index contributed by atoms with van der Waals surface area (Å²) in [5.74, 6) is 0. The van der Waals surface area contributed by atoms with E-state index < -0.39 is 8.56 Å². The maximum Gasteiger partial charge on any atom is 0.406 e. The molecule has 1 rings (SSSR count). The molecule has 0 amide bonds. The molecule has 0 aliphatic heterocycles. The van der Waals surface area contributed by atoms with Crippen molar-refractivity contribution in [2.75, 3.05) is 26.2 Å². The molecule has 0 aliphatic carbocycles. The fourth-order valence-electron chi connectivity index (χ4n) is 2.06. The fourth-order valence-corrected chi connectivity index (χ4v) is 4.61. The Hall–Kier alpha value is -0.723. The van der Waals surface area contributed by atoms with Crippen molar-refractivity contribution in [1.82, 2.24) is 10.1 Å². The van der Waals surface area contributed by atoms with Gasteiger partial charge in [0.1, 0.15) is 0 Å². The molecule has 4 nitrogen and oxygen atoms in total. The zero-order valence-corrected chi connectivity index (χ0v) is 14.4. The van der Waals surface area contributed by atoms with Gasteiger partial charge in [-0.1, -0.05) is 58.0 Å². The summed E-state index contributed by atoms with van der Waals surface area (Å²) in [7, 11) is -2.48. The van der Waals surface area contributed by atoms with Gasteiger partial charge in [-0.05, 0) is 11.7 Å². The highest BCUT2D eigenvalue weighted by Gasteiger charge is 2.39. The summed E-state index contributed by atoms with van der Waals surface area (Å²) in [6.45, 7) is 13.9. The quantitative estimate of drug-likeness (QED) is 0.516. The van der Waals surface area contributed by atoms with Crippen LogP contribution >= 0.6 is 0 Å². The fraction of sp³-hybridized carbons (Fsp3) is 0.600. The molecule has 0 saturated carbocycles. The summed E-state index contributed by atoms with van der Waals surface area (Å²) < 4.78 is 12.5. The molecular formula is C15H28N2O2Si. The predicted molar refractivity (Wildman–Crippen MR) is 85.7 cm³/mol. The zero-order valence-electron chi connectivity index (χ0n) is 13.4. The van der Waals surface area contributed by atoms with Crippen molar-refractivity contribution in [2.45, 2.75) is 34.2 Å². The molecule has 0 saturated heterocycles. The van der Waals surface area contributed by atoms with Crippen molar-refractivity contribution in [1.29, 1.82) is 0 Å². The topological polar surface area (TPSA) is 24.9 Å². The standard InChI is InChI=1S/C15H28N2O2Si/c1-6-16(7-2)18-20(5,19-17(8-3)9-4)15-13-11-10-12-14-15/h10-14H,6-9H2,1-5H3. The van der Waals surface area contributed by atoms with E-state index in [2.05, 4.69) is 46.4 Å². The maximum absolute atomic E-state index is 6.26. The van der Waals surface area contributed by atoms with Crippen molar-refractivity contribution < 1.29 is 9.05 Å². The summed E-state index contributed by atoms with van der Waals surface area (Å²) in [6.07, 6.45) is 0. The van der Waals surface area contributed by atoms with Crippen molar-refractivity contribution in [3.8, 4) is 0 Å². The van der Waals surface area contributed by atoms with Gasteiger partial charge in [-0.3, -0.25) is 0 Å². The molecule has 0 heterocycles. The second-order valence-electron chi connectivity index (χ2n) is 4.72. The van der Waals surface area contributed by atoms with Gasteiger partial charge in [0.15, 0.2) is 0 Å². The Morgan fingerprint density at radius 3 is 1.55 bits per heavy atom. The van der Waals surface area contributed by atoms with E-state index >= 15 is 0 Å². The monoisotopic (exact) mass is 296 g/mol. The normalized spacial score (nSPS) is 12.3. The van der Waals surface area contributed by atoms with Crippen LogP contribution < -0.4 is 5.19 Å². The van der Waals surface area contributed by atoms with E-state index in [-0.39, 0.29) is 0 Å². The number of rotatable bonds is 9. The number of benzene rings is 1. The highest BCUT2D eigenvalue weighted by atomic mass is 28.4. The van der Waals surface area contributed by atoms with Crippen LogP contribution in [0, 0.1) is 0 Å². The highest BCUT2D eigenvalue weighted by Crippen LogP contribution is 2.13. The van der Waals surface area contributed by atoms with Crippen LogP contribution in [0.5, 0.6) is 0 Å². The van der Waals surface area contributed by atoms with Gasteiger partial charge in [0, 0.05) is 26.2 Å². The molecular weight excluding hydrogens is 268 g/mol. The molecule has 5 heteroatoms. The largest absolute Gasteiger partial charge is 0.406 e. The van der Waals surface area contributed by atoms with Gasteiger partial charge in [0.2, 0.25) is 0 Å². The molecule has 20 heavy (non-hydrogen) atoms. The van der Waals surface area contributed by atoms with Crippen molar-refractivity contribution in [3.63, 3.8) is 0 Å². The van der Waals surface area contributed by atoms with Gasteiger partial charge in [-0.2, -0.15) is 10.1 Å². The first kappa shape index (κ1) is 17.3. The van der Waals surface area contributed by atoms with E-state index in [0.717, 1.165) is 31.4 Å². The van der Waals surface area contributed by atoms with Gasteiger partial charge >= 0.3 is 8.56 Å². The van der Waals surface area contributed by atoms with Crippen LogP contribution in [0.3, 0.4) is 0 Å². The third kappa shape index (κ3) is 4.68. The van der Waals surface area contributed by atoms with Crippen LogP contribution in [0.25, 0.3) is 0 Å². The van der Waals surface area contributed by atoms with Crippen molar-refractivity contribution >= 4 is 13.7 Å². The summed E-state index contributed by atoms with van der Waals surface area (Å²) in [6, 6.07) is 10.3. The Labute approximate surface area is 124 Å². The average Bonchev–Trinajstić information content (AvgIpc) is 2.51. The first-order valence-electron chi connectivity index (χ1n) is 7.53.